The number of imidazole rings is 1. The van der Waals surface area contributed by atoms with E-state index in [0.29, 0.717) is 14.9 Å². The average Bonchev–Trinajstić information content (AvgIpc) is 2.46. The maximum atomic E-state index is 10.8. The molecule has 0 aromatic carbocycles. The lowest BCUT2D eigenvalue weighted by Crippen LogP contribution is -1.97. The van der Waals surface area contributed by atoms with Gasteiger partial charge in [-0.15, -0.1) is 0 Å². The summed E-state index contributed by atoms with van der Waals surface area (Å²) in [6.07, 6.45) is 3.18. The molecule has 0 aliphatic rings. The molecule has 0 saturated carbocycles. The van der Waals surface area contributed by atoms with Crippen molar-refractivity contribution in [1.82, 2.24) is 14.4 Å². The second-order valence-electron chi connectivity index (χ2n) is 2.47. The van der Waals surface area contributed by atoms with Crippen LogP contribution >= 0.6 is 31.9 Å². The molecule has 0 aliphatic carbocycles. The molecule has 0 radical (unpaired) electrons. The van der Waals surface area contributed by atoms with Gasteiger partial charge in [0.1, 0.15) is 9.21 Å². The van der Waals surface area contributed by atoms with Crippen LogP contribution in [0.25, 0.3) is 5.65 Å². The third-order valence-electron chi connectivity index (χ3n) is 1.64. The highest BCUT2D eigenvalue weighted by atomic mass is 79.9. The SMILES string of the molecule is O=C(O)c1nc2c(Br)nccn2c1Br. The molecule has 0 atom stereocenters. The second-order valence-corrected chi connectivity index (χ2v) is 3.97. The molecule has 2 aromatic heterocycles. The molecule has 0 unspecified atom stereocenters. The number of halogens is 2. The zero-order valence-corrected chi connectivity index (χ0v) is 9.78. The van der Waals surface area contributed by atoms with Gasteiger partial charge in [0.05, 0.1) is 0 Å². The van der Waals surface area contributed by atoms with E-state index in [1.807, 2.05) is 0 Å². The van der Waals surface area contributed by atoms with Gasteiger partial charge in [-0.3, -0.25) is 4.40 Å². The van der Waals surface area contributed by atoms with Gasteiger partial charge in [0.2, 0.25) is 0 Å². The Hall–Kier alpha value is -0.950. The Labute approximate surface area is 95.0 Å². The highest BCUT2D eigenvalue weighted by molar-refractivity contribution is 9.11. The van der Waals surface area contributed by atoms with E-state index in [1.165, 1.54) is 0 Å². The van der Waals surface area contributed by atoms with Crippen molar-refractivity contribution in [2.75, 3.05) is 0 Å². The minimum atomic E-state index is -1.08. The van der Waals surface area contributed by atoms with E-state index < -0.39 is 5.97 Å². The summed E-state index contributed by atoms with van der Waals surface area (Å²) in [7, 11) is 0. The van der Waals surface area contributed by atoms with Crippen LogP contribution in [-0.4, -0.2) is 25.4 Å². The first-order valence-electron chi connectivity index (χ1n) is 3.52. The van der Waals surface area contributed by atoms with Gasteiger partial charge in [-0.05, 0) is 31.9 Å². The molecule has 0 aliphatic heterocycles. The lowest BCUT2D eigenvalue weighted by molar-refractivity contribution is 0.0690. The summed E-state index contributed by atoms with van der Waals surface area (Å²) >= 11 is 6.34. The highest BCUT2D eigenvalue weighted by Crippen LogP contribution is 2.22. The Balaban J connectivity index is 2.86. The molecule has 14 heavy (non-hydrogen) atoms. The fourth-order valence-electron chi connectivity index (χ4n) is 1.05. The van der Waals surface area contributed by atoms with Crippen LogP contribution in [0.4, 0.5) is 0 Å². The summed E-state index contributed by atoms with van der Waals surface area (Å²) in [6, 6.07) is 0. The Kier molecular flexibility index (Phi) is 2.28. The van der Waals surface area contributed by atoms with Gasteiger partial charge in [0, 0.05) is 12.4 Å². The topological polar surface area (TPSA) is 67.5 Å². The molecule has 5 nitrogen and oxygen atoms in total. The number of rotatable bonds is 1. The molecule has 0 amide bonds. The van der Waals surface area contributed by atoms with Crippen LogP contribution in [0.1, 0.15) is 10.5 Å². The summed E-state index contributed by atoms with van der Waals surface area (Å²) < 4.78 is 2.51. The van der Waals surface area contributed by atoms with E-state index in [4.69, 9.17) is 5.11 Å². The van der Waals surface area contributed by atoms with Crippen molar-refractivity contribution in [3.05, 3.63) is 27.3 Å². The average molecular weight is 321 g/mol. The number of carbonyl (C=O) groups is 1. The van der Waals surface area contributed by atoms with Crippen molar-refractivity contribution in [2.24, 2.45) is 0 Å². The smallest absolute Gasteiger partial charge is 0.357 e. The first kappa shape index (κ1) is 9.60. The highest BCUT2D eigenvalue weighted by Gasteiger charge is 2.17. The van der Waals surface area contributed by atoms with E-state index in [9.17, 15) is 4.79 Å². The predicted octanol–water partition coefficient (Wildman–Crippen LogP) is 1.95. The molecule has 2 aromatic rings. The first-order chi connectivity index (χ1) is 6.61. The van der Waals surface area contributed by atoms with Gasteiger partial charge in [0.25, 0.3) is 0 Å². The van der Waals surface area contributed by atoms with Crippen LogP contribution in [0.3, 0.4) is 0 Å². The predicted molar refractivity (Wildman–Crippen MR) is 55.3 cm³/mol. The molecule has 0 saturated heterocycles. The molecule has 1 N–H and O–H groups in total. The van der Waals surface area contributed by atoms with Crippen molar-refractivity contribution in [1.29, 1.82) is 0 Å². The second kappa shape index (κ2) is 3.32. The van der Waals surface area contributed by atoms with Gasteiger partial charge in [-0.25, -0.2) is 14.8 Å². The van der Waals surface area contributed by atoms with Crippen LogP contribution in [0.15, 0.2) is 21.6 Å². The van der Waals surface area contributed by atoms with Crippen LogP contribution < -0.4 is 0 Å². The maximum absolute atomic E-state index is 10.8. The van der Waals surface area contributed by atoms with Gasteiger partial charge in [0.15, 0.2) is 11.3 Å². The molecule has 2 rings (SSSR count). The summed E-state index contributed by atoms with van der Waals surface area (Å²) in [5, 5.41) is 8.82. The lowest BCUT2D eigenvalue weighted by atomic mass is 10.5. The fraction of sp³-hybridized carbons (Fsp3) is 0. The molecule has 72 valence electrons. The Morgan fingerprint density at radius 3 is 2.79 bits per heavy atom. The third-order valence-corrected chi connectivity index (χ3v) is 2.96. The quantitative estimate of drug-likeness (QED) is 0.872. The monoisotopic (exact) mass is 319 g/mol. The lowest BCUT2D eigenvalue weighted by Gasteiger charge is -1.94. The fourth-order valence-corrected chi connectivity index (χ4v) is 2.00. The number of nitrogens with zero attached hydrogens (tertiary/aromatic N) is 3. The summed E-state index contributed by atoms with van der Waals surface area (Å²) in [6.45, 7) is 0. The van der Waals surface area contributed by atoms with Gasteiger partial charge in [-0.1, -0.05) is 0 Å². The summed E-state index contributed by atoms with van der Waals surface area (Å²) in [5.41, 5.74) is 0.440. The molecular weight excluding hydrogens is 318 g/mol. The van der Waals surface area contributed by atoms with E-state index in [-0.39, 0.29) is 5.69 Å². The van der Waals surface area contributed by atoms with Crippen LogP contribution in [0, 0.1) is 0 Å². The van der Waals surface area contributed by atoms with Gasteiger partial charge in [-0.2, -0.15) is 0 Å². The largest absolute Gasteiger partial charge is 0.476 e. The van der Waals surface area contributed by atoms with Crippen molar-refractivity contribution < 1.29 is 9.90 Å². The van der Waals surface area contributed by atoms with Gasteiger partial charge >= 0.3 is 5.97 Å². The maximum Gasteiger partial charge on any atom is 0.357 e. The third kappa shape index (κ3) is 1.32. The Bertz CT molecular complexity index is 523. The van der Waals surface area contributed by atoms with E-state index >= 15 is 0 Å². The van der Waals surface area contributed by atoms with Crippen LogP contribution in [-0.2, 0) is 0 Å². The number of aromatic nitrogens is 3. The molecule has 0 bridgehead atoms. The number of hydrogen-bond acceptors (Lipinski definition) is 3. The Morgan fingerprint density at radius 1 is 1.50 bits per heavy atom. The van der Waals surface area contributed by atoms with E-state index in [1.54, 1.807) is 16.8 Å². The number of carboxylic acids is 1. The minimum Gasteiger partial charge on any atom is -0.476 e. The van der Waals surface area contributed by atoms with Crippen molar-refractivity contribution in [3.8, 4) is 0 Å². The normalized spacial score (nSPS) is 10.7. The minimum absolute atomic E-state index is 0.0290. The van der Waals surface area contributed by atoms with Crippen LogP contribution in [0.2, 0.25) is 0 Å². The van der Waals surface area contributed by atoms with Gasteiger partial charge < -0.3 is 5.11 Å². The zero-order chi connectivity index (χ0) is 10.3. The Morgan fingerprint density at radius 2 is 2.21 bits per heavy atom. The zero-order valence-electron chi connectivity index (χ0n) is 6.61. The van der Waals surface area contributed by atoms with Crippen molar-refractivity contribution >= 4 is 43.5 Å². The number of carboxylic acid groups (broad SMARTS) is 1. The number of aromatic carboxylic acids is 1. The summed E-state index contributed by atoms with van der Waals surface area (Å²) in [5.74, 6) is -1.08. The number of fused-ring (bicyclic) bond motifs is 1. The molecule has 0 fully saturated rings. The molecular formula is C7H3Br2N3O2. The van der Waals surface area contributed by atoms with E-state index in [2.05, 4.69) is 41.8 Å². The molecule has 7 heteroatoms. The number of hydrogen-bond donors (Lipinski definition) is 1. The standard InChI is InChI=1S/C7H3Br2N3O2/c8-4-6-11-3(7(13)14)5(9)12(6)2-1-10-4/h1-2H,(H,13,14). The van der Waals surface area contributed by atoms with Crippen molar-refractivity contribution in [2.45, 2.75) is 0 Å². The van der Waals surface area contributed by atoms with Crippen LogP contribution in [0.5, 0.6) is 0 Å². The summed E-state index contributed by atoms with van der Waals surface area (Å²) in [4.78, 5) is 18.6. The molecule has 2 heterocycles. The van der Waals surface area contributed by atoms with E-state index in [0.717, 1.165) is 0 Å². The van der Waals surface area contributed by atoms with Crippen molar-refractivity contribution in [3.63, 3.8) is 0 Å². The first-order valence-corrected chi connectivity index (χ1v) is 5.11. The molecule has 0 spiro atoms.